The first kappa shape index (κ1) is 27.3. The number of para-hydroxylation sites is 1. The molecule has 210 valence electrons. The molecular weight excluding hydrogens is 522 g/mol. The third-order valence-electron chi connectivity index (χ3n) is 7.45. The number of ether oxygens (including phenoxy) is 2. The van der Waals surface area contributed by atoms with E-state index < -0.39 is 6.10 Å². The van der Waals surface area contributed by atoms with Crippen molar-refractivity contribution in [2.45, 2.75) is 69.7 Å². The Morgan fingerprint density at radius 3 is 2.62 bits per heavy atom. The molecule has 3 aliphatic rings. The molecule has 0 unspecified atom stereocenters. The number of nitrogens with zero attached hydrogens (tertiary/aromatic N) is 3. The van der Waals surface area contributed by atoms with Gasteiger partial charge in [-0.25, -0.2) is 14.8 Å². The van der Waals surface area contributed by atoms with Gasteiger partial charge in [-0.15, -0.1) is 0 Å². The quantitative estimate of drug-likeness (QED) is 0.362. The Morgan fingerprint density at radius 2 is 1.90 bits per heavy atom. The molecule has 12 heteroatoms. The minimum atomic E-state index is -0.451. The number of likely N-dealkylation sites (tertiary alicyclic amines) is 1. The normalized spacial score (nSPS) is 21.4. The number of nitrogens with one attached hydrogen (secondary N) is 3. The smallest absolute Gasteiger partial charge is 0.409 e. The van der Waals surface area contributed by atoms with Crippen LogP contribution in [0.5, 0.6) is 5.75 Å². The second-order valence-electron chi connectivity index (χ2n) is 10.4. The summed E-state index contributed by atoms with van der Waals surface area (Å²) in [4.78, 5) is 35.9. The first-order chi connectivity index (χ1) is 18.9. The van der Waals surface area contributed by atoms with E-state index in [-0.39, 0.29) is 18.2 Å². The van der Waals surface area contributed by atoms with Crippen LogP contribution in [-0.4, -0.2) is 65.4 Å². The van der Waals surface area contributed by atoms with Crippen LogP contribution >= 0.6 is 11.6 Å². The molecule has 1 aromatic carbocycles. The number of anilines is 3. The molecule has 3 fully saturated rings. The molecule has 1 saturated carbocycles. The highest BCUT2D eigenvalue weighted by molar-refractivity contribution is 6.32. The van der Waals surface area contributed by atoms with Gasteiger partial charge >= 0.3 is 6.09 Å². The van der Waals surface area contributed by atoms with Crippen LogP contribution in [0, 0.1) is 5.92 Å². The van der Waals surface area contributed by atoms with E-state index in [0.717, 1.165) is 32.1 Å². The van der Waals surface area contributed by atoms with Gasteiger partial charge in [0.25, 0.3) is 0 Å². The predicted molar refractivity (Wildman–Crippen MR) is 149 cm³/mol. The molecule has 2 saturated heterocycles. The van der Waals surface area contributed by atoms with Crippen LogP contribution in [0.3, 0.4) is 0 Å². The van der Waals surface area contributed by atoms with Crippen molar-refractivity contribution < 1.29 is 19.1 Å². The SMILES string of the molecule is CNc1c(N)nc(CCC2CCN(C(=O)Oc3ccccc3Cl)CC2)nc1N[C@H]1CC[C@@H](C(=O)NC2CC2)O1. The molecular formula is C27H36ClN7O4. The van der Waals surface area contributed by atoms with E-state index in [4.69, 9.17) is 31.8 Å². The summed E-state index contributed by atoms with van der Waals surface area (Å²) in [7, 11) is 1.77. The maximum Gasteiger partial charge on any atom is 0.415 e. The number of carbonyl (C=O) groups excluding carboxylic acids is 2. The monoisotopic (exact) mass is 557 g/mol. The molecule has 11 nitrogen and oxygen atoms in total. The van der Waals surface area contributed by atoms with Crippen molar-refractivity contribution in [2.75, 3.05) is 36.5 Å². The van der Waals surface area contributed by atoms with Crippen molar-refractivity contribution in [3.8, 4) is 5.75 Å². The van der Waals surface area contributed by atoms with Crippen LogP contribution < -0.4 is 26.4 Å². The number of nitrogens with two attached hydrogens (primary N) is 1. The van der Waals surface area contributed by atoms with Crippen molar-refractivity contribution in [1.29, 1.82) is 0 Å². The minimum Gasteiger partial charge on any atom is -0.409 e. The van der Waals surface area contributed by atoms with Crippen LogP contribution in [0.4, 0.5) is 22.1 Å². The molecule has 2 atom stereocenters. The van der Waals surface area contributed by atoms with Gasteiger partial charge in [-0.2, -0.15) is 0 Å². The molecule has 2 aliphatic heterocycles. The number of aryl methyl sites for hydroxylation is 1. The van der Waals surface area contributed by atoms with Crippen molar-refractivity contribution in [2.24, 2.45) is 5.92 Å². The Hall–Kier alpha value is -3.31. The Morgan fingerprint density at radius 1 is 1.13 bits per heavy atom. The number of halogens is 1. The molecule has 0 bridgehead atoms. The molecule has 2 amide bonds. The largest absolute Gasteiger partial charge is 0.415 e. The van der Waals surface area contributed by atoms with Crippen LogP contribution in [0.15, 0.2) is 24.3 Å². The molecule has 0 radical (unpaired) electrons. The zero-order valence-corrected chi connectivity index (χ0v) is 22.9. The number of piperidine rings is 1. The highest BCUT2D eigenvalue weighted by Gasteiger charge is 2.34. The van der Waals surface area contributed by atoms with Gasteiger partial charge in [0.05, 0.1) is 5.02 Å². The maximum absolute atomic E-state index is 12.6. The van der Waals surface area contributed by atoms with E-state index in [2.05, 4.69) is 20.9 Å². The molecule has 3 heterocycles. The summed E-state index contributed by atoms with van der Waals surface area (Å²) in [6.45, 7) is 1.24. The van der Waals surface area contributed by atoms with Gasteiger partial charge in [-0.05, 0) is 63.0 Å². The molecule has 0 spiro atoms. The molecule has 5 rings (SSSR count). The highest BCUT2D eigenvalue weighted by atomic mass is 35.5. The van der Waals surface area contributed by atoms with E-state index in [1.54, 1.807) is 36.2 Å². The Kier molecular flexibility index (Phi) is 8.56. The van der Waals surface area contributed by atoms with Gasteiger partial charge in [0.2, 0.25) is 5.91 Å². The number of nitrogen functional groups attached to an aromatic ring is 1. The zero-order chi connectivity index (χ0) is 27.4. The summed E-state index contributed by atoms with van der Waals surface area (Å²) < 4.78 is 11.4. The van der Waals surface area contributed by atoms with Crippen LogP contribution in [-0.2, 0) is 16.0 Å². The standard InChI is InChI=1S/C27H36ClN7O4/c1-30-23-24(29)32-21(33-25(23)34-22-11-9-20(38-22)26(36)31-17-7-8-17)10-6-16-12-14-35(15-13-16)27(37)39-19-5-3-2-4-18(19)28/h2-5,16-17,20,22,30H,6-15H2,1H3,(H,31,36)(H3,29,32,33,34)/t20-,22+/m0/s1. The van der Waals surface area contributed by atoms with E-state index in [9.17, 15) is 9.59 Å². The lowest BCUT2D eigenvalue weighted by molar-refractivity contribution is -0.131. The van der Waals surface area contributed by atoms with Gasteiger partial charge in [0.1, 0.15) is 23.8 Å². The molecule has 1 aliphatic carbocycles. The second kappa shape index (κ2) is 12.3. The Balaban J connectivity index is 1.12. The lowest BCUT2D eigenvalue weighted by Crippen LogP contribution is -2.40. The third-order valence-corrected chi connectivity index (χ3v) is 7.76. The summed E-state index contributed by atoms with van der Waals surface area (Å²) in [5, 5.41) is 9.80. The fourth-order valence-electron chi connectivity index (χ4n) is 5.02. The van der Waals surface area contributed by atoms with Gasteiger partial charge in [-0.3, -0.25) is 4.79 Å². The fourth-order valence-corrected chi connectivity index (χ4v) is 5.20. The van der Waals surface area contributed by atoms with Crippen molar-refractivity contribution in [3.05, 3.63) is 35.1 Å². The third kappa shape index (κ3) is 7.02. The van der Waals surface area contributed by atoms with Gasteiger partial charge in [0, 0.05) is 32.6 Å². The van der Waals surface area contributed by atoms with E-state index in [0.29, 0.717) is 78.2 Å². The lowest BCUT2D eigenvalue weighted by atomic mass is 9.92. The molecule has 5 N–H and O–H groups in total. The first-order valence-electron chi connectivity index (χ1n) is 13.7. The number of rotatable bonds is 9. The first-order valence-corrected chi connectivity index (χ1v) is 14.0. The van der Waals surface area contributed by atoms with Gasteiger partial charge in [-0.1, -0.05) is 23.7 Å². The number of amides is 2. The van der Waals surface area contributed by atoms with E-state index >= 15 is 0 Å². The summed E-state index contributed by atoms with van der Waals surface area (Å²) in [6, 6.07) is 7.27. The van der Waals surface area contributed by atoms with Crippen LogP contribution in [0.2, 0.25) is 5.02 Å². The highest BCUT2D eigenvalue weighted by Crippen LogP contribution is 2.31. The summed E-state index contributed by atoms with van der Waals surface area (Å²) in [5.74, 6) is 2.35. The Bertz CT molecular complexity index is 1190. The number of hydrogen-bond donors (Lipinski definition) is 4. The minimum absolute atomic E-state index is 0.0401. The average molecular weight is 558 g/mol. The Labute approximate surface area is 233 Å². The number of aromatic nitrogens is 2. The molecule has 1 aromatic heterocycles. The lowest BCUT2D eigenvalue weighted by Gasteiger charge is -2.31. The average Bonchev–Trinajstić information content (AvgIpc) is 3.62. The van der Waals surface area contributed by atoms with Gasteiger partial charge in [0.15, 0.2) is 17.4 Å². The zero-order valence-electron chi connectivity index (χ0n) is 22.1. The topological polar surface area (TPSA) is 144 Å². The van der Waals surface area contributed by atoms with E-state index in [1.807, 2.05) is 0 Å². The maximum atomic E-state index is 12.6. The number of carbonyl (C=O) groups is 2. The predicted octanol–water partition coefficient (Wildman–Crippen LogP) is 3.79. The van der Waals surface area contributed by atoms with Crippen LogP contribution in [0.1, 0.15) is 50.8 Å². The molecule has 39 heavy (non-hydrogen) atoms. The summed E-state index contributed by atoms with van der Waals surface area (Å²) in [5.41, 5.74) is 6.86. The van der Waals surface area contributed by atoms with E-state index in [1.165, 1.54) is 0 Å². The fraction of sp³-hybridized carbons (Fsp3) is 0.556. The number of hydrogen-bond acceptors (Lipinski definition) is 9. The summed E-state index contributed by atoms with van der Waals surface area (Å²) in [6.07, 6.45) is 5.57. The van der Waals surface area contributed by atoms with Crippen molar-refractivity contribution >= 4 is 40.9 Å². The van der Waals surface area contributed by atoms with Crippen molar-refractivity contribution in [3.63, 3.8) is 0 Å². The van der Waals surface area contributed by atoms with Gasteiger partial charge < -0.3 is 36.1 Å². The van der Waals surface area contributed by atoms with Crippen LogP contribution in [0.25, 0.3) is 0 Å². The molecule has 2 aromatic rings. The number of benzene rings is 1. The summed E-state index contributed by atoms with van der Waals surface area (Å²) >= 11 is 6.11. The van der Waals surface area contributed by atoms with Crippen molar-refractivity contribution in [1.82, 2.24) is 20.2 Å². The second-order valence-corrected chi connectivity index (χ2v) is 10.8.